The summed E-state index contributed by atoms with van der Waals surface area (Å²) in [7, 11) is 0. The molecule has 2 heterocycles. The summed E-state index contributed by atoms with van der Waals surface area (Å²) in [6.45, 7) is 3.88. The zero-order chi connectivity index (χ0) is 20.9. The van der Waals surface area contributed by atoms with Gasteiger partial charge in [0.05, 0.1) is 11.4 Å². The van der Waals surface area contributed by atoms with Gasteiger partial charge in [0, 0.05) is 22.8 Å². The lowest BCUT2D eigenvalue weighted by atomic mass is 10.2. The van der Waals surface area contributed by atoms with Gasteiger partial charge >= 0.3 is 0 Å². The molecule has 0 unspecified atom stereocenters. The molecule has 1 N–H and O–H groups in total. The number of rotatable bonds is 6. The Bertz CT molecular complexity index is 1140. The first kappa shape index (κ1) is 19.8. The summed E-state index contributed by atoms with van der Waals surface area (Å²) in [5.74, 6) is 0.141. The van der Waals surface area contributed by atoms with Crippen molar-refractivity contribution in [3.05, 3.63) is 89.5 Å². The van der Waals surface area contributed by atoms with E-state index < -0.39 is 0 Å². The summed E-state index contributed by atoms with van der Waals surface area (Å²) in [5, 5.41) is 12.0. The Balaban J connectivity index is 1.66. The maximum atomic E-state index is 12.9. The fourth-order valence-corrected chi connectivity index (χ4v) is 3.93. The molecular formula is C22H20N6OS. The van der Waals surface area contributed by atoms with Crippen LogP contribution in [-0.2, 0) is 5.75 Å². The maximum absolute atomic E-state index is 12.9. The third-order valence-corrected chi connectivity index (χ3v) is 5.17. The summed E-state index contributed by atoms with van der Waals surface area (Å²) < 4.78 is 1.69. The van der Waals surface area contributed by atoms with Crippen LogP contribution in [0.5, 0.6) is 0 Å². The second-order valence-corrected chi connectivity index (χ2v) is 7.62. The molecule has 1 amide bonds. The third-order valence-electron chi connectivity index (χ3n) is 4.31. The molecule has 0 saturated carbocycles. The predicted octanol–water partition coefficient (Wildman–Crippen LogP) is 4.22. The Morgan fingerprint density at radius 1 is 0.967 bits per heavy atom. The van der Waals surface area contributed by atoms with Crippen LogP contribution < -0.4 is 5.32 Å². The van der Waals surface area contributed by atoms with E-state index in [2.05, 4.69) is 25.6 Å². The lowest BCUT2D eigenvalue weighted by molar-refractivity contribution is 0.102. The zero-order valence-corrected chi connectivity index (χ0v) is 17.4. The van der Waals surface area contributed by atoms with Crippen LogP contribution in [0.2, 0.25) is 0 Å². The first-order chi connectivity index (χ1) is 14.6. The first-order valence-corrected chi connectivity index (χ1v) is 10.4. The number of aromatic nitrogens is 5. The second-order valence-electron chi connectivity index (χ2n) is 6.67. The molecule has 0 fully saturated rings. The number of anilines is 1. The number of para-hydroxylation sites is 2. The average Bonchev–Trinajstić information content (AvgIpc) is 3.17. The van der Waals surface area contributed by atoms with Crippen LogP contribution >= 0.6 is 11.8 Å². The molecule has 4 rings (SSSR count). The maximum Gasteiger partial charge on any atom is 0.278 e. The molecule has 2 aromatic carbocycles. The van der Waals surface area contributed by atoms with Gasteiger partial charge in [0.25, 0.3) is 5.91 Å². The number of carbonyl (C=O) groups is 1. The van der Waals surface area contributed by atoms with E-state index in [0.29, 0.717) is 22.3 Å². The van der Waals surface area contributed by atoms with E-state index in [1.54, 1.807) is 4.68 Å². The van der Waals surface area contributed by atoms with Crippen molar-refractivity contribution in [1.82, 2.24) is 25.0 Å². The zero-order valence-electron chi connectivity index (χ0n) is 16.6. The van der Waals surface area contributed by atoms with Gasteiger partial charge in [-0.1, -0.05) is 53.4 Å². The molecule has 0 aliphatic rings. The standard InChI is InChI=1S/C22H20N6OS/c1-15-13-16(2)24-22(23-15)30-14-19-20(21(29)25-17-9-5-3-6-10-17)26-27-28(19)18-11-7-4-8-12-18/h3-13H,14H2,1-2H3,(H,25,29). The van der Waals surface area contributed by atoms with Crippen LogP contribution in [0.1, 0.15) is 27.6 Å². The van der Waals surface area contributed by atoms with Gasteiger partial charge in [-0.25, -0.2) is 14.6 Å². The molecule has 150 valence electrons. The topological polar surface area (TPSA) is 85.6 Å². The number of amides is 1. The summed E-state index contributed by atoms with van der Waals surface area (Å²) in [6.07, 6.45) is 0. The largest absolute Gasteiger partial charge is 0.321 e. The fourth-order valence-electron chi connectivity index (χ4n) is 2.99. The Morgan fingerprint density at radius 3 is 2.27 bits per heavy atom. The molecule has 7 nitrogen and oxygen atoms in total. The summed E-state index contributed by atoms with van der Waals surface area (Å²) in [6, 6.07) is 20.8. The minimum atomic E-state index is -0.305. The van der Waals surface area contributed by atoms with Crippen molar-refractivity contribution in [3.63, 3.8) is 0 Å². The molecule has 4 aromatic rings. The number of hydrogen-bond acceptors (Lipinski definition) is 6. The highest BCUT2D eigenvalue weighted by Gasteiger charge is 2.21. The lowest BCUT2D eigenvalue weighted by Gasteiger charge is -2.09. The van der Waals surface area contributed by atoms with E-state index in [1.165, 1.54) is 11.8 Å². The molecule has 0 bridgehead atoms. The van der Waals surface area contributed by atoms with Gasteiger partial charge in [-0.15, -0.1) is 5.10 Å². The highest BCUT2D eigenvalue weighted by atomic mass is 32.2. The Kier molecular flexibility index (Phi) is 5.85. The number of aryl methyl sites for hydroxylation is 2. The molecule has 0 atom stereocenters. The monoisotopic (exact) mass is 416 g/mol. The molecule has 0 radical (unpaired) electrons. The van der Waals surface area contributed by atoms with Crippen LogP contribution in [-0.4, -0.2) is 30.9 Å². The second kappa shape index (κ2) is 8.87. The number of nitrogens with one attached hydrogen (secondary N) is 1. The van der Waals surface area contributed by atoms with Gasteiger partial charge in [-0.05, 0) is 44.2 Å². The third kappa shape index (κ3) is 4.55. The van der Waals surface area contributed by atoms with Gasteiger partial charge in [-0.3, -0.25) is 4.79 Å². The number of hydrogen-bond donors (Lipinski definition) is 1. The highest BCUT2D eigenvalue weighted by molar-refractivity contribution is 7.98. The van der Waals surface area contributed by atoms with Crippen molar-refractivity contribution in [2.24, 2.45) is 0 Å². The number of thioether (sulfide) groups is 1. The molecule has 0 aliphatic carbocycles. The highest BCUT2D eigenvalue weighted by Crippen LogP contribution is 2.24. The van der Waals surface area contributed by atoms with E-state index in [-0.39, 0.29) is 11.6 Å². The Hall–Kier alpha value is -3.52. The van der Waals surface area contributed by atoms with E-state index in [9.17, 15) is 4.79 Å². The fraction of sp³-hybridized carbons (Fsp3) is 0.136. The molecule has 0 aliphatic heterocycles. The van der Waals surface area contributed by atoms with Crippen LogP contribution in [0.3, 0.4) is 0 Å². The van der Waals surface area contributed by atoms with E-state index >= 15 is 0 Å². The predicted molar refractivity (Wildman–Crippen MR) is 117 cm³/mol. The Morgan fingerprint density at radius 2 is 1.60 bits per heavy atom. The van der Waals surface area contributed by atoms with Crippen molar-refractivity contribution in [1.29, 1.82) is 0 Å². The van der Waals surface area contributed by atoms with Crippen molar-refractivity contribution in [3.8, 4) is 5.69 Å². The van der Waals surface area contributed by atoms with Gasteiger partial charge in [0.15, 0.2) is 10.9 Å². The number of carbonyl (C=O) groups excluding carboxylic acids is 1. The van der Waals surface area contributed by atoms with Gasteiger partial charge in [0.1, 0.15) is 0 Å². The molecule has 30 heavy (non-hydrogen) atoms. The van der Waals surface area contributed by atoms with Crippen molar-refractivity contribution >= 4 is 23.4 Å². The van der Waals surface area contributed by atoms with Crippen LogP contribution in [0.25, 0.3) is 5.69 Å². The smallest absolute Gasteiger partial charge is 0.278 e. The molecular weight excluding hydrogens is 396 g/mol. The van der Waals surface area contributed by atoms with Crippen LogP contribution in [0.15, 0.2) is 71.9 Å². The van der Waals surface area contributed by atoms with E-state index in [1.807, 2.05) is 80.6 Å². The summed E-state index contributed by atoms with van der Waals surface area (Å²) in [4.78, 5) is 21.9. The average molecular weight is 417 g/mol. The number of nitrogens with zero attached hydrogens (tertiary/aromatic N) is 5. The van der Waals surface area contributed by atoms with Crippen LogP contribution in [0, 0.1) is 13.8 Å². The van der Waals surface area contributed by atoms with Crippen molar-refractivity contribution < 1.29 is 4.79 Å². The van der Waals surface area contributed by atoms with E-state index in [0.717, 1.165) is 17.1 Å². The molecule has 8 heteroatoms. The minimum Gasteiger partial charge on any atom is -0.321 e. The summed E-state index contributed by atoms with van der Waals surface area (Å²) in [5.41, 5.74) is 4.30. The Labute approximate surface area is 178 Å². The first-order valence-electron chi connectivity index (χ1n) is 9.41. The summed E-state index contributed by atoms with van der Waals surface area (Å²) >= 11 is 1.45. The van der Waals surface area contributed by atoms with Crippen LogP contribution in [0.4, 0.5) is 5.69 Å². The van der Waals surface area contributed by atoms with Crippen molar-refractivity contribution in [2.45, 2.75) is 24.8 Å². The quantitative estimate of drug-likeness (QED) is 0.374. The molecule has 0 spiro atoms. The van der Waals surface area contributed by atoms with Gasteiger partial charge in [-0.2, -0.15) is 0 Å². The van der Waals surface area contributed by atoms with Gasteiger partial charge < -0.3 is 5.32 Å². The minimum absolute atomic E-state index is 0.277. The van der Waals surface area contributed by atoms with Crippen molar-refractivity contribution in [2.75, 3.05) is 5.32 Å². The lowest BCUT2D eigenvalue weighted by Crippen LogP contribution is -2.15. The normalized spacial score (nSPS) is 10.7. The SMILES string of the molecule is Cc1cc(C)nc(SCc2c(C(=O)Nc3ccccc3)nnn2-c2ccccc2)n1. The van der Waals surface area contributed by atoms with E-state index in [4.69, 9.17) is 0 Å². The van der Waals surface area contributed by atoms with Gasteiger partial charge in [0.2, 0.25) is 0 Å². The molecule has 2 aromatic heterocycles. The number of benzene rings is 2. The molecule has 0 saturated heterocycles.